The molecule has 2 unspecified atom stereocenters. The average molecular weight is 487 g/mol. The molecule has 0 aromatic carbocycles. The van der Waals surface area contributed by atoms with Crippen LogP contribution in [0.3, 0.4) is 0 Å². The lowest BCUT2D eigenvalue weighted by atomic mass is 10.3. The van der Waals surface area contributed by atoms with E-state index >= 15 is 0 Å². The highest BCUT2D eigenvalue weighted by Crippen LogP contribution is 2.24. The van der Waals surface area contributed by atoms with Crippen LogP contribution in [0.15, 0.2) is 55.0 Å². The number of rotatable bonds is 5. The highest BCUT2D eigenvalue weighted by Gasteiger charge is 2.24. The third-order valence-corrected chi connectivity index (χ3v) is 6.55. The molecule has 0 spiro atoms. The van der Waals surface area contributed by atoms with Crippen LogP contribution in [0.4, 0.5) is 10.0 Å². The quantitative estimate of drug-likeness (QED) is 0.601. The number of thiophene rings is 2. The van der Waals surface area contributed by atoms with Crippen molar-refractivity contribution in [1.29, 1.82) is 0 Å². The first-order chi connectivity index (χ1) is 15.9. The van der Waals surface area contributed by atoms with E-state index < -0.39 is 0 Å². The van der Waals surface area contributed by atoms with Gasteiger partial charge in [-0.1, -0.05) is 0 Å². The lowest BCUT2D eigenvalue weighted by Crippen LogP contribution is -2.52. The van der Waals surface area contributed by atoms with E-state index in [1.165, 1.54) is 0 Å². The summed E-state index contributed by atoms with van der Waals surface area (Å²) in [7, 11) is 7.89. The van der Waals surface area contributed by atoms with Gasteiger partial charge in [0.05, 0.1) is 10.0 Å². The van der Waals surface area contributed by atoms with Gasteiger partial charge in [0.25, 0.3) is 0 Å². The smallest absolute Gasteiger partial charge is 0.208 e. The van der Waals surface area contributed by atoms with Gasteiger partial charge >= 0.3 is 0 Å². The summed E-state index contributed by atoms with van der Waals surface area (Å²) in [5.41, 5.74) is 0. The molecule has 12 heteroatoms. The minimum atomic E-state index is -0.225. The molecule has 2 aromatic heterocycles. The van der Waals surface area contributed by atoms with Gasteiger partial charge in [0.1, 0.15) is 12.3 Å². The van der Waals surface area contributed by atoms with Gasteiger partial charge in [0, 0.05) is 41.2 Å². The topological polar surface area (TPSA) is 95.2 Å². The van der Waals surface area contributed by atoms with E-state index in [2.05, 4.69) is 43.4 Å². The summed E-state index contributed by atoms with van der Waals surface area (Å²) in [6, 6.07) is 8.19. The number of guanidine groups is 4. The fourth-order valence-electron chi connectivity index (χ4n) is 3.28. The van der Waals surface area contributed by atoms with Crippen LogP contribution in [-0.2, 0) is 0 Å². The van der Waals surface area contributed by atoms with Crippen molar-refractivity contribution in [3.8, 4) is 0 Å². The molecule has 0 aliphatic carbocycles. The molecule has 0 saturated heterocycles. The maximum absolute atomic E-state index is 4.82. The Bertz CT molecular complexity index is 1040. The summed E-state index contributed by atoms with van der Waals surface area (Å²) in [5.74, 6) is 3.06. The Hall–Kier alpha value is -3.12. The van der Waals surface area contributed by atoms with E-state index in [1.54, 1.807) is 22.7 Å². The van der Waals surface area contributed by atoms with Gasteiger partial charge in [-0.3, -0.25) is 10.6 Å². The van der Waals surface area contributed by atoms with Crippen molar-refractivity contribution < 1.29 is 0 Å². The Morgan fingerprint density at radius 1 is 0.879 bits per heavy atom. The van der Waals surface area contributed by atoms with Crippen LogP contribution >= 0.6 is 22.7 Å². The van der Waals surface area contributed by atoms with Gasteiger partial charge in [-0.25, -0.2) is 20.0 Å². The number of aliphatic imine (C=N–C) groups is 4. The molecule has 4 heterocycles. The standard InChI is InChI=1S/C21H30N10S2/c1-14-22-19(29(2)3)28-21(23-14)31(17-9-7-13-33-17)11-10-15-24-18(26-16-8-6-12-32-16)27-20(25-15)30(4)5/h6-9,12-15H,10-11H2,1-5H3,(H,22,23,28)(H2,24,25,26,27). The van der Waals surface area contributed by atoms with Crippen LogP contribution in [0.2, 0.25) is 0 Å². The number of hydrogen-bond acceptors (Lipinski definition) is 12. The van der Waals surface area contributed by atoms with Gasteiger partial charge in [0.2, 0.25) is 23.8 Å². The molecule has 0 bridgehead atoms. The maximum Gasteiger partial charge on any atom is 0.208 e. The minimum Gasteiger partial charge on any atom is -0.349 e. The molecule has 0 fully saturated rings. The van der Waals surface area contributed by atoms with Crippen molar-refractivity contribution in [1.82, 2.24) is 20.4 Å². The molecule has 4 rings (SSSR count). The third kappa shape index (κ3) is 5.82. The second-order valence-electron chi connectivity index (χ2n) is 7.98. The Balaban J connectivity index is 1.53. The molecule has 2 aliphatic heterocycles. The predicted molar refractivity (Wildman–Crippen MR) is 141 cm³/mol. The lowest BCUT2D eigenvalue weighted by Gasteiger charge is -2.32. The fourth-order valence-corrected chi connectivity index (χ4v) is 4.65. The molecule has 2 aliphatic rings. The zero-order valence-corrected chi connectivity index (χ0v) is 21.1. The number of nitrogens with one attached hydrogen (secondary N) is 3. The first-order valence-electron chi connectivity index (χ1n) is 10.7. The molecule has 10 nitrogen and oxygen atoms in total. The Morgan fingerprint density at radius 2 is 1.58 bits per heavy atom. The molecular formula is C21H30N10S2. The van der Waals surface area contributed by atoms with Crippen LogP contribution < -0.4 is 20.9 Å². The first kappa shape index (κ1) is 23.1. The van der Waals surface area contributed by atoms with Crippen LogP contribution in [0.25, 0.3) is 0 Å². The summed E-state index contributed by atoms with van der Waals surface area (Å²) in [4.78, 5) is 25.1. The summed E-state index contributed by atoms with van der Waals surface area (Å²) in [5, 5.41) is 16.3. The second kappa shape index (κ2) is 10.2. The minimum absolute atomic E-state index is 0.155. The molecule has 2 aromatic rings. The van der Waals surface area contributed by atoms with Crippen molar-refractivity contribution in [3.63, 3.8) is 0 Å². The van der Waals surface area contributed by atoms with E-state index in [0.29, 0.717) is 12.5 Å². The average Bonchev–Trinajstić information content (AvgIpc) is 3.48. The summed E-state index contributed by atoms with van der Waals surface area (Å²) >= 11 is 3.31. The highest BCUT2D eigenvalue weighted by atomic mass is 32.1. The van der Waals surface area contributed by atoms with E-state index in [0.717, 1.165) is 34.3 Å². The second-order valence-corrected chi connectivity index (χ2v) is 9.85. The predicted octanol–water partition coefficient (Wildman–Crippen LogP) is 2.54. The van der Waals surface area contributed by atoms with Gasteiger partial charge in [-0.15, -0.1) is 22.7 Å². The Labute approximate surface area is 202 Å². The summed E-state index contributed by atoms with van der Waals surface area (Å²) in [6.45, 7) is 2.69. The molecule has 0 radical (unpaired) electrons. The van der Waals surface area contributed by atoms with E-state index in [1.807, 2.05) is 62.4 Å². The third-order valence-electron chi connectivity index (χ3n) is 4.87. The summed E-state index contributed by atoms with van der Waals surface area (Å²) < 4.78 is 0. The van der Waals surface area contributed by atoms with E-state index in [9.17, 15) is 0 Å². The van der Waals surface area contributed by atoms with Crippen molar-refractivity contribution >= 4 is 56.5 Å². The number of anilines is 2. The van der Waals surface area contributed by atoms with Gasteiger partial charge in [-0.05, 0) is 41.9 Å². The molecular weight excluding hydrogens is 456 g/mol. The largest absolute Gasteiger partial charge is 0.349 e. The van der Waals surface area contributed by atoms with E-state index in [-0.39, 0.29) is 12.3 Å². The normalized spacial score (nSPS) is 19.9. The van der Waals surface area contributed by atoms with Crippen LogP contribution in [0.5, 0.6) is 0 Å². The van der Waals surface area contributed by atoms with Gasteiger partial charge in [0.15, 0.2) is 0 Å². The van der Waals surface area contributed by atoms with Crippen molar-refractivity contribution in [2.75, 3.05) is 45.0 Å². The molecule has 0 saturated carbocycles. The molecule has 2 atom stereocenters. The monoisotopic (exact) mass is 486 g/mol. The maximum atomic E-state index is 4.82. The van der Waals surface area contributed by atoms with E-state index in [4.69, 9.17) is 15.0 Å². The molecule has 176 valence electrons. The zero-order valence-electron chi connectivity index (χ0n) is 19.5. The van der Waals surface area contributed by atoms with Crippen LogP contribution in [-0.4, -0.2) is 80.7 Å². The number of hydrogen-bond donors (Lipinski definition) is 3. The molecule has 3 N–H and O–H groups in total. The van der Waals surface area contributed by atoms with Gasteiger partial charge < -0.3 is 20.0 Å². The Morgan fingerprint density at radius 3 is 2.24 bits per heavy atom. The van der Waals surface area contributed by atoms with Crippen LogP contribution in [0, 0.1) is 0 Å². The SMILES string of the molecule is CC1N=C(N(C)C)NC(N(CCC2N=C(Nc3cccs3)NC(N(C)C)=N2)c2cccs2)=N1. The fraction of sp³-hybridized carbons (Fsp3) is 0.429. The molecule has 33 heavy (non-hydrogen) atoms. The molecule has 0 amide bonds. The zero-order chi connectivity index (χ0) is 23.4. The first-order valence-corrected chi connectivity index (χ1v) is 12.5. The van der Waals surface area contributed by atoms with Crippen molar-refractivity contribution in [2.45, 2.75) is 25.7 Å². The van der Waals surface area contributed by atoms with Crippen molar-refractivity contribution in [2.24, 2.45) is 20.0 Å². The van der Waals surface area contributed by atoms with Crippen molar-refractivity contribution in [3.05, 3.63) is 35.0 Å². The lowest BCUT2D eigenvalue weighted by molar-refractivity contribution is 0.559. The van der Waals surface area contributed by atoms with Gasteiger partial charge in [-0.2, -0.15) is 0 Å². The number of nitrogens with zero attached hydrogens (tertiary/aromatic N) is 7. The Kier molecular flexibility index (Phi) is 7.14. The summed E-state index contributed by atoms with van der Waals surface area (Å²) in [6.07, 6.45) is 0.339. The highest BCUT2D eigenvalue weighted by molar-refractivity contribution is 7.14. The van der Waals surface area contributed by atoms with Crippen LogP contribution in [0.1, 0.15) is 13.3 Å².